The number of carbonyl (C=O) groups is 16. The van der Waals surface area contributed by atoms with Gasteiger partial charge in [0.15, 0.2) is 17.9 Å². The highest BCUT2D eigenvalue weighted by atomic mass is 16.4. The molecule has 0 saturated heterocycles. The first kappa shape index (κ1) is 102. The fraction of sp³-hybridized carbons (Fsp3) is 0.627. The van der Waals surface area contributed by atoms with E-state index in [9.17, 15) is 86.9 Å². The zero-order chi connectivity index (χ0) is 89.2. The molecule has 30 N–H and O–H groups in total. The molecule has 0 radical (unpaired) electrons. The maximum absolute atomic E-state index is 15.0. The lowest BCUT2D eigenvalue weighted by atomic mass is 9.99. The summed E-state index contributed by atoms with van der Waals surface area (Å²) >= 11 is 0. The van der Waals surface area contributed by atoms with E-state index >= 15 is 0 Å². The fourth-order valence-corrected chi connectivity index (χ4v) is 11.9. The fourth-order valence-electron chi connectivity index (χ4n) is 11.9. The number of aliphatic carboxylic acids is 2. The van der Waals surface area contributed by atoms with Crippen LogP contribution in [0.3, 0.4) is 0 Å². The van der Waals surface area contributed by atoms with Crippen LogP contribution >= 0.6 is 0 Å². The van der Waals surface area contributed by atoms with Crippen molar-refractivity contribution in [3.63, 3.8) is 0 Å². The highest BCUT2D eigenvalue weighted by molar-refractivity contribution is 6.01. The number of carbonyl (C=O) groups excluding carboxylic acids is 14. The third-order valence-corrected chi connectivity index (χ3v) is 18.0. The molecule has 43 heteroatoms. The summed E-state index contributed by atoms with van der Waals surface area (Å²) in [6.07, 6.45) is -0.311. The van der Waals surface area contributed by atoms with Gasteiger partial charge in [-0.05, 0) is 106 Å². The molecule has 2 rings (SSSR count). The van der Waals surface area contributed by atoms with Gasteiger partial charge in [0.05, 0.1) is 18.4 Å². The number of imidazole rings is 1. The molecule has 1 aromatic heterocycles. The Labute approximate surface area is 685 Å². The summed E-state index contributed by atoms with van der Waals surface area (Å²) in [7, 11) is 0. The third-order valence-electron chi connectivity index (χ3n) is 18.0. The zero-order valence-corrected chi connectivity index (χ0v) is 69.1. The quantitative estimate of drug-likeness (QED) is 0.0169. The van der Waals surface area contributed by atoms with Crippen molar-refractivity contribution in [2.45, 2.75) is 252 Å². The van der Waals surface area contributed by atoms with Crippen LogP contribution in [0.4, 0.5) is 0 Å². The molecule has 13 atom stereocenters. The SMILES string of the molecule is CC(=O)N[C@@H](CC(=O)O)C(=O)N[C@H](C(=O)N[C@@H](CCCNC(=N)N)C(=O)N[C@@H](CCCNC(=N)N)C(=O)N[C@@H](Cc1ccccc1)C(=O)N[C@@H](CC(C)C)C(=O)N[C@@H](CCC(=O)O)C(=O)N[C@H](C(=O)N[C@@H](Cc1c[nH]cn1)C(=O)N[C@@H](CC(C)C)C(=O)N[C@@H](CCCNC(=N)N)C(=O)N[C@@H](CC(C)C)C(=O)N[C@@H](C)C(N)=O)C(C)C)C(C)C. The molecule has 0 spiro atoms. The van der Waals surface area contributed by atoms with Gasteiger partial charge in [-0.25, -0.2) is 4.98 Å². The summed E-state index contributed by atoms with van der Waals surface area (Å²) in [6, 6.07) is -10.9. The molecule has 0 fully saturated rings. The monoisotopic (exact) mass is 1660 g/mol. The van der Waals surface area contributed by atoms with Crippen LogP contribution in [0.25, 0.3) is 0 Å². The number of amides is 14. The van der Waals surface area contributed by atoms with Crippen LogP contribution in [0, 0.1) is 45.8 Å². The molecule has 1 heterocycles. The molecule has 14 amide bonds. The minimum Gasteiger partial charge on any atom is -0.481 e. The summed E-state index contributed by atoms with van der Waals surface area (Å²) in [5.41, 5.74) is 22.7. The minimum atomic E-state index is -1.75. The van der Waals surface area contributed by atoms with Crippen LogP contribution in [0.15, 0.2) is 42.9 Å². The van der Waals surface area contributed by atoms with E-state index in [1.807, 2.05) is 0 Å². The lowest BCUT2D eigenvalue weighted by molar-refractivity contribution is -0.141. The molecule has 0 aliphatic carbocycles. The first-order chi connectivity index (χ1) is 55.3. The average Bonchev–Trinajstić information content (AvgIpc) is 1.10. The predicted molar refractivity (Wildman–Crippen MR) is 433 cm³/mol. The van der Waals surface area contributed by atoms with Gasteiger partial charge in [0.25, 0.3) is 0 Å². The number of rotatable bonds is 55. The van der Waals surface area contributed by atoms with Gasteiger partial charge in [-0.15, -0.1) is 0 Å². The van der Waals surface area contributed by atoms with E-state index in [1.165, 1.54) is 47.1 Å². The average molecular weight is 1660 g/mol. The largest absolute Gasteiger partial charge is 0.481 e. The van der Waals surface area contributed by atoms with Crippen molar-refractivity contribution in [1.29, 1.82) is 16.2 Å². The number of carboxylic acid groups (broad SMARTS) is 2. The maximum Gasteiger partial charge on any atom is 0.305 e. The molecule has 0 aliphatic rings. The van der Waals surface area contributed by atoms with Gasteiger partial charge in [-0.1, -0.05) is 99.6 Å². The number of aromatic nitrogens is 2. The van der Waals surface area contributed by atoms with Crippen molar-refractivity contribution in [1.82, 2.24) is 95.0 Å². The van der Waals surface area contributed by atoms with Gasteiger partial charge < -0.3 is 123 Å². The van der Waals surface area contributed by atoms with E-state index in [4.69, 9.17) is 39.2 Å². The molecular weight excluding hydrogens is 1540 g/mol. The number of hydrogen-bond acceptors (Lipinski definition) is 20. The first-order valence-corrected chi connectivity index (χ1v) is 39.2. The molecule has 0 aliphatic heterocycles. The zero-order valence-electron chi connectivity index (χ0n) is 69.1. The Hall–Kier alpha value is -12.2. The second-order valence-corrected chi connectivity index (χ2v) is 30.7. The van der Waals surface area contributed by atoms with Crippen LogP contribution in [0.2, 0.25) is 0 Å². The molecule has 1 aromatic carbocycles. The van der Waals surface area contributed by atoms with E-state index in [-0.39, 0.29) is 114 Å². The van der Waals surface area contributed by atoms with Crippen molar-refractivity contribution >= 4 is 113 Å². The highest BCUT2D eigenvalue weighted by Crippen LogP contribution is 2.16. The van der Waals surface area contributed by atoms with E-state index in [1.54, 1.807) is 71.9 Å². The molecule has 658 valence electrons. The van der Waals surface area contributed by atoms with Crippen LogP contribution in [-0.4, -0.2) is 231 Å². The number of carboxylic acids is 2. The molecule has 0 bridgehead atoms. The van der Waals surface area contributed by atoms with Crippen LogP contribution in [-0.2, 0) is 89.6 Å². The number of primary amides is 1. The number of hydrogen-bond donors (Lipinski definition) is 26. The molecule has 0 unspecified atom stereocenters. The minimum absolute atomic E-state index is 0.00898. The normalized spacial score (nSPS) is 14.4. The van der Waals surface area contributed by atoms with Gasteiger partial charge in [0, 0.05) is 52.0 Å². The highest BCUT2D eigenvalue weighted by Gasteiger charge is 2.39. The Balaban J connectivity index is 2.67. The standard InChI is InChI=1S/C75H125N25O18/c1-37(2)29-50(65(111)88-42(11)60(76)106)94-62(108)47(22-17-27-85-74(79)80)91-66(112)51(30-38(3)4)96-69(115)54(33-45-35-83-36-87-45)98-72(118)59(41(9)10)99-64(110)49(24-25-56(102)103)92-67(113)52(31-39(5)6)95-68(114)53(32-44-19-14-13-15-20-44)97-63(109)46(21-16-26-84-73(77)78)90-61(107)48(23-18-28-86-75(81)82)93-71(117)58(40(7)8)100-70(116)55(34-57(104)105)89-43(12)101/h13-15,19-20,35-42,46-55,58-59H,16-18,21-34H2,1-12H3,(H2,76,106)(H,83,87)(H,88,111)(H,89,101)(H,90,107)(H,91,112)(H,92,113)(H,93,117)(H,94,108)(H,95,114)(H,96,115)(H,97,109)(H,98,118)(H,99,110)(H,100,116)(H,102,103)(H,104,105)(H4,77,78,84)(H4,79,80,85)(H4,81,82,86)/t42-,46-,47-,48-,49-,50-,51-,52-,53-,54-,55-,58-,59-/m0/s1. The van der Waals surface area contributed by atoms with Gasteiger partial charge in [-0.3, -0.25) is 92.9 Å². The predicted octanol–water partition coefficient (Wildman–Crippen LogP) is -4.40. The number of benzene rings is 1. The van der Waals surface area contributed by atoms with Crippen molar-refractivity contribution in [3.8, 4) is 0 Å². The van der Waals surface area contributed by atoms with Crippen LogP contribution in [0.5, 0.6) is 0 Å². The topological polar surface area (TPSA) is 710 Å². The van der Waals surface area contributed by atoms with Crippen LogP contribution < -0.4 is 108 Å². The van der Waals surface area contributed by atoms with Crippen LogP contribution in [0.1, 0.15) is 171 Å². The summed E-state index contributed by atoms with van der Waals surface area (Å²) in [5, 5.41) is 83.7. The number of nitrogens with zero attached hydrogens (tertiary/aromatic N) is 1. The smallest absolute Gasteiger partial charge is 0.305 e. The summed E-state index contributed by atoms with van der Waals surface area (Å²) in [6.45, 7) is 19.1. The Bertz CT molecular complexity index is 3720. The molecule has 118 heavy (non-hydrogen) atoms. The van der Waals surface area contributed by atoms with Gasteiger partial charge in [-0.2, -0.15) is 0 Å². The number of H-pyrrole nitrogens is 1. The first-order valence-electron chi connectivity index (χ1n) is 39.2. The molecule has 43 nitrogen and oxygen atoms in total. The van der Waals surface area contributed by atoms with E-state index < -0.39 is 222 Å². The lowest BCUT2D eigenvalue weighted by Crippen LogP contribution is -2.62. The van der Waals surface area contributed by atoms with Gasteiger partial charge >= 0.3 is 11.9 Å². The van der Waals surface area contributed by atoms with E-state index in [2.05, 4.69) is 95.0 Å². The Morgan fingerprint density at radius 2 is 0.712 bits per heavy atom. The number of aromatic amines is 1. The second kappa shape index (κ2) is 52.4. The number of nitrogens with two attached hydrogens (primary N) is 4. The summed E-state index contributed by atoms with van der Waals surface area (Å²) in [5.74, 6) is -19.3. The second-order valence-electron chi connectivity index (χ2n) is 30.7. The van der Waals surface area contributed by atoms with Crippen molar-refractivity contribution in [2.24, 2.45) is 52.5 Å². The Kier molecular flexibility index (Phi) is 45.2. The van der Waals surface area contributed by atoms with Crippen molar-refractivity contribution in [2.75, 3.05) is 19.6 Å². The summed E-state index contributed by atoms with van der Waals surface area (Å²) < 4.78 is 0. The lowest BCUT2D eigenvalue weighted by Gasteiger charge is -2.30. The third kappa shape index (κ3) is 40.4. The van der Waals surface area contributed by atoms with Crippen molar-refractivity contribution in [3.05, 3.63) is 54.1 Å². The van der Waals surface area contributed by atoms with E-state index in [0.717, 1.165) is 6.92 Å². The molecule has 2 aromatic rings. The van der Waals surface area contributed by atoms with Gasteiger partial charge in [0.2, 0.25) is 82.7 Å². The number of nitrogens with one attached hydrogen (secondary N) is 20. The van der Waals surface area contributed by atoms with E-state index in [0.29, 0.717) is 5.56 Å². The number of guanidine groups is 3. The molecule has 0 saturated carbocycles. The maximum atomic E-state index is 15.0. The molecular formula is C75H125N25O18. The summed E-state index contributed by atoms with van der Waals surface area (Å²) in [4.78, 5) is 228. The Morgan fingerprint density at radius 3 is 1.05 bits per heavy atom. The van der Waals surface area contributed by atoms with Gasteiger partial charge in [0.1, 0.15) is 78.5 Å². The van der Waals surface area contributed by atoms with Crippen molar-refractivity contribution < 1.29 is 86.9 Å². The Morgan fingerprint density at radius 1 is 0.390 bits per heavy atom.